The number of carboxylic acids is 1. The summed E-state index contributed by atoms with van der Waals surface area (Å²) in [5.74, 6) is -1.50. The summed E-state index contributed by atoms with van der Waals surface area (Å²) < 4.78 is 0. The van der Waals surface area contributed by atoms with Crippen LogP contribution in [0.1, 0.15) is 28.4 Å². The molecular weight excluding hydrogens is 338 g/mol. The third kappa shape index (κ3) is 3.99. The van der Waals surface area contributed by atoms with Crippen molar-refractivity contribution in [2.24, 2.45) is 0 Å². The van der Waals surface area contributed by atoms with E-state index < -0.39 is 11.9 Å². The van der Waals surface area contributed by atoms with Crippen LogP contribution >= 0.6 is 11.8 Å². The van der Waals surface area contributed by atoms with E-state index in [1.807, 2.05) is 44.2 Å². The van der Waals surface area contributed by atoms with E-state index in [1.54, 1.807) is 4.90 Å². The second kappa shape index (κ2) is 7.23. The van der Waals surface area contributed by atoms with Gasteiger partial charge in [0.2, 0.25) is 5.91 Å². The fraction of sp³-hybridized carbons (Fsp3) is 0.333. The molecule has 0 radical (unpaired) electrons. The Bertz CT molecular complexity index is 805. The molecule has 0 aliphatic carbocycles. The van der Waals surface area contributed by atoms with Crippen LogP contribution in [0.15, 0.2) is 35.5 Å². The summed E-state index contributed by atoms with van der Waals surface area (Å²) in [6, 6.07) is 9.28. The predicted molar refractivity (Wildman–Crippen MR) is 94.5 cm³/mol. The van der Waals surface area contributed by atoms with E-state index in [0.717, 1.165) is 22.5 Å². The number of aliphatic carboxylic acids is 1. The first-order chi connectivity index (χ1) is 11.9. The van der Waals surface area contributed by atoms with Gasteiger partial charge in [-0.15, -0.1) is 0 Å². The molecule has 1 atom stereocenters. The Labute approximate surface area is 150 Å². The monoisotopic (exact) mass is 357 g/mol. The Morgan fingerprint density at radius 3 is 2.60 bits per heavy atom. The lowest BCUT2D eigenvalue weighted by Crippen LogP contribution is -2.41. The van der Waals surface area contributed by atoms with Crippen molar-refractivity contribution in [3.05, 3.63) is 52.8 Å². The summed E-state index contributed by atoms with van der Waals surface area (Å²) in [7, 11) is 0. The summed E-state index contributed by atoms with van der Waals surface area (Å²) in [5, 5.41) is 10.1. The molecule has 7 heteroatoms. The molecule has 1 amide bonds. The first-order valence-electron chi connectivity index (χ1n) is 7.97. The summed E-state index contributed by atoms with van der Waals surface area (Å²) in [4.78, 5) is 34.4. The van der Waals surface area contributed by atoms with Crippen LogP contribution in [-0.4, -0.2) is 44.1 Å². The molecular formula is C18H19N3O3S. The minimum absolute atomic E-state index is 0.103. The van der Waals surface area contributed by atoms with E-state index in [2.05, 4.69) is 9.97 Å². The normalized spacial score (nSPS) is 16.4. The maximum Gasteiger partial charge on any atom is 0.312 e. The third-order valence-corrected chi connectivity index (χ3v) is 4.96. The molecule has 0 saturated carbocycles. The standard InChI is InChI=1S/C18H19N3O3S/c1-11-7-12(2)20-18(19-11)25-10-16(22)21-8-13-5-3-4-6-14(13)15(9-21)17(23)24/h3-7,15H,8-10H2,1-2H3,(H,23,24). The molecule has 6 nitrogen and oxygen atoms in total. The fourth-order valence-corrected chi connectivity index (χ4v) is 3.84. The van der Waals surface area contributed by atoms with Gasteiger partial charge in [-0.25, -0.2) is 9.97 Å². The highest BCUT2D eigenvalue weighted by molar-refractivity contribution is 7.99. The van der Waals surface area contributed by atoms with E-state index in [4.69, 9.17) is 0 Å². The highest BCUT2D eigenvalue weighted by Crippen LogP contribution is 2.29. The Kier molecular flexibility index (Phi) is 5.03. The first kappa shape index (κ1) is 17.4. The van der Waals surface area contributed by atoms with Crippen molar-refractivity contribution in [3.8, 4) is 0 Å². The van der Waals surface area contributed by atoms with Crippen molar-refractivity contribution < 1.29 is 14.7 Å². The van der Waals surface area contributed by atoms with Crippen LogP contribution in [0.5, 0.6) is 0 Å². The van der Waals surface area contributed by atoms with Gasteiger partial charge >= 0.3 is 5.97 Å². The van der Waals surface area contributed by atoms with Crippen LogP contribution in [0.25, 0.3) is 0 Å². The lowest BCUT2D eigenvalue weighted by molar-refractivity contribution is -0.140. The topological polar surface area (TPSA) is 83.4 Å². The number of rotatable bonds is 4. The molecule has 1 unspecified atom stereocenters. The van der Waals surface area contributed by atoms with E-state index in [0.29, 0.717) is 11.7 Å². The zero-order valence-corrected chi connectivity index (χ0v) is 14.9. The third-order valence-electron chi connectivity index (χ3n) is 4.13. The second-order valence-corrected chi connectivity index (χ2v) is 7.03. The Morgan fingerprint density at radius 2 is 1.92 bits per heavy atom. The van der Waals surface area contributed by atoms with E-state index >= 15 is 0 Å². The van der Waals surface area contributed by atoms with Gasteiger partial charge in [-0.05, 0) is 31.0 Å². The quantitative estimate of drug-likeness (QED) is 0.668. The van der Waals surface area contributed by atoms with Crippen LogP contribution < -0.4 is 0 Å². The van der Waals surface area contributed by atoms with E-state index in [1.165, 1.54) is 11.8 Å². The molecule has 130 valence electrons. The molecule has 1 N–H and O–H groups in total. The SMILES string of the molecule is Cc1cc(C)nc(SCC(=O)N2Cc3ccccc3C(C(=O)O)C2)n1. The molecule has 0 bridgehead atoms. The average Bonchev–Trinajstić information content (AvgIpc) is 2.57. The van der Waals surface area contributed by atoms with Gasteiger partial charge in [0.05, 0.1) is 11.7 Å². The minimum atomic E-state index is -0.907. The number of carbonyl (C=O) groups excluding carboxylic acids is 1. The van der Waals surface area contributed by atoms with Gasteiger partial charge < -0.3 is 10.0 Å². The number of carboxylic acid groups (broad SMARTS) is 1. The van der Waals surface area contributed by atoms with Crippen molar-refractivity contribution in [1.29, 1.82) is 0 Å². The van der Waals surface area contributed by atoms with Crippen LogP contribution in [0.3, 0.4) is 0 Å². The number of benzene rings is 1. The number of amides is 1. The van der Waals surface area contributed by atoms with Gasteiger partial charge in [0, 0.05) is 24.5 Å². The average molecular weight is 357 g/mol. The molecule has 1 aromatic carbocycles. The van der Waals surface area contributed by atoms with E-state index in [9.17, 15) is 14.7 Å². The Balaban J connectivity index is 1.71. The van der Waals surface area contributed by atoms with Gasteiger partial charge in [-0.1, -0.05) is 36.0 Å². The zero-order valence-electron chi connectivity index (χ0n) is 14.1. The summed E-state index contributed by atoms with van der Waals surface area (Å²) in [6.45, 7) is 4.41. The lowest BCUT2D eigenvalue weighted by atomic mass is 9.90. The van der Waals surface area contributed by atoms with Crippen molar-refractivity contribution >= 4 is 23.6 Å². The first-order valence-corrected chi connectivity index (χ1v) is 8.96. The van der Waals surface area contributed by atoms with Crippen molar-refractivity contribution in [3.63, 3.8) is 0 Å². The molecule has 1 aromatic heterocycles. The van der Waals surface area contributed by atoms with Gasteiger partial charge in [-0.2, -0.15) is 0 Å². The molecule has 2 aromatic rings. The van der Waals surface area contributed by atoms with Gasteiger partial charge in [0.1, 0.15) is 0 Å². The molecule has 3 rings (SSSR count). The number of hydrogen-bond acceptors (Lipinski definition) is 5. The van der Waals surface area contributed by atoms with E-state index in [-0.39, 0.29) is 18.2 Å². The molecule has 1 aliphatic rings. The van der Waals surface area contributed by atoms with Crippen LogP contribution in [0.4, 0.5) is 0 Å². The smallest absolute Gasteiger partial charge is 0.312 e. The van der Waals surface area contributed by atoms with Crippen molar-refractivity contribution in [1.82, 2.24) is 14.9 Å². The number of thioether (sulfide) groups is 1. The summed E-state index contributed by atoms with van der Waals surface area (Å²) in [6.07, 6.45) is 0. The number of nitrogens with zero attached hydrogens (tertiary/aromatic N) is 3. The molecule has 1 aliphatic heterocycles. The number of hydrogen-bond donors (Lipinski definition) is 1. The zero-order chi connectivity index (χ0) is 18.0. The van der Waals surface area contributed by atoms with Crippen LogP contribution in [-0.2, 0) is 16.1 Å². The van der Waals surface area contributed by atoms with Gasteiger partial charge in [0.25, 0.3) is 0 Å². The molecule has 25 heavy (non-hydrogen) atoms. The largest absolute Gasteiger partial charge is 0.481 e. The summed E-state index contributed by atoms with van der Waals surface area (Å²) >= 11 is 1.28. The number of aromatic nitrogens is 2. The molecule has 2 heterocycles. The Morgan fingerprint density at radius 1 is 1.24 bits per heavy atom. The predicted octanol–water partition coefficient (Wildman–Crippen LogP) is 2.40. The highest BCUT2D eigenvalue weighted by Gasteiger charge is 2.32. The molecule has 0 saturated heterocycles. The number of carbonyl (C=O) groups is 2. The molecule has 0 spiro atoms. The lowest BCUT2D eigenvalue weighted by Gasteiger charge is -2.32. The van der Waals surface area contributed by atoms with Crippen molar-refractivity contribution in [2.75, 3.05) is 12.3 Å². The number of fused-ring (bicyclic) bond motifs is 1. The Hall–Kier alpha value is -2.41. The van der Waals surface area contributed by atoms with Gasteiger partial charge in [0.15, 0.2) is 5.16 Å². The maximum absolute atomic E-state index is 12.6. The fourth-order valence-electron chi connectivity index (χ4n) is 2.98. The summed E-state index contributed by atoms with van der Waals surface area (Å²) in [5.41, 5.74) is 3.41. The second-order valence-electron chi connectivity index (χ2n) is 6.09. The molecule has 0 fully saturated rings. The highest BCUT2D eigenvalue weighted by atomic mass is 32.2. The minimum Gasteiger partial charge on any atom is -0.481 e. The van der Waals surface area contributed by atoms with Crippen LogP contribution in [0.2, 0.25) is 0 Å². The van der Waals surface area contributed by atoms with Gasteiger partial charge in [-0.3, -0.25) is 9.59 Å². The van der Waals surface area contributed by atoms with Crippen LogP contribution in [0, 0.1) is 13.8 Å². The van der Waals surface area contributed by atoms with Crippen molar-refractivity contribution in [2.45, 2.75) is 31.5 Å². The maximum atomic E-state index is 12.6. The number of aryl methyl sites for hydroxylation is 2.